The van der Waals surface area contributed by atoms with Gasteiger partial charge in [-0.15, -0.1) is 11.3 Å². The normalized spacial score (nSPS) is 14.8. The van der Waals surface area contributed by atoms with E-state index in [0.29, 0.717) is 12.5 Å². The van der Waals surface area contributed by atoms with Crippen molar-refractivity contribution in [3.05, 3.63) is 17.6 Å². The largest absolute Gasteiger partial charge is 0.349 e. The lowest BCUT2D eigenvalue weighted by atomic mass is 9.95. The van der Waals surface area contributed by atoms with E-state index in [1.807, 2.05) is 17.6 Å². The standard InChI is InChI=1S/C12H18N4S/c1-3-12(2,5-6-13)16-11-14-8-9-4-7-17-10(9)15-11/h4,7-8H,3,5-6,13H2,1-2H3,(H,14,15,16). The number of nitrogens with two attached hydrogens (primary N) is 1. The van der Waals surface area contributed by atoms with E-state index in [9.17, 15) is 0 Å². The van der Waals surface area contributed by atoms with Gasteiger partial charge in [-0.3, -0.25) is 0 Å². The summed E-state index contributed by atoms with van der Waals surface area (Å²) in [7, 11) is 0. The summed E-state index contributed by atoms with van der Waals surface area (Å²) in [5.41, 5.74) is 5.61. The number of rotatable bonds is 5. The molecule has 2 aromatic heterocycles. The van der Waals surface area contributed by atoms with Crippen molar-refractivity contribution in [3.63, 3.8) is 0 Å². The number of thiophene rings is 1. The van der Waals surface area contributed by atoms with Gasteiger partial charge in [-0.25, -0.2) is 9.97 Å². The lowest BCUT2D eigenvalue weighted by molar-refractivity contribution is 0.460. The maximum atomic E-state index is 5.64. The Morgan fingerprint density at radius 3 is 3.06 bits per heavy atom. The Balaban J connectivity index is 2.21. The van der Waals surface area contributed by atoms with Crippen molar-refractivity contribution in [1.29, 1.82) is 0 Å². The summed E-state index contributed by atoms with van der Waals surface area (Å²) in [4.78, 5) is 9.87. The summed E-state index contributed by atoms with van der Waals surface area (Å²) in [6, 6.07) is 2.03. The van der Waals surface area contributed by atoms with Gasteiger partial charge in [0.05, 0.1) is 0 Å². The molecular weight excluding hydrogens is 232 g/mol. The zero-order valence-electron chi connectivity index (χ0n) is 10.2. The maximum absolute atomic E-state index is 5.64. The Morgan fingerprint density at radius 2 is 2.35 bits per heavy atom. The molecule has 0 aliphatic carbocycles. The molecule has 0 bridgehead atoms. The Morgan fingerprint density at radius 1 is 1.53 bits per heavy atom. The lowest BCUT2D eigenvalue weighted by Crippen LogP contribution is -2.37. The zero-order valence-corrected chi connectivity index (χ0v) is 11.0. The van der Waals surface area contributed by atoms with E-state index in [-0.39, 0.29) is 5.54 Å². The molecule has 4 nitrogen and oxygen atoms in total. The summed E-state index contributed by atoms with van der Waals surface area (Å²) >= 11 is 1.63. The molecule has 1 unspecified atom stereocenters. The lowest BCUT2D eigenvalue weighted by Gasteiger charge is -2.29. The summed E-state index contributed by atoms with van der Waals surface area (Å²) in [6.07, 6.45) is 3.77. The Kier molecular flexibility index (Phi) is 3.59. The van der Waals surface area contributed by atoms with E-state index in [1.165, 1.54) is 0 Å². The molecule has 5 heteroatoms. The fourth-order valence-corrected chi connectivity index (χ4v) is 2.47. The maximum Gasteiger partial charge on any atom is 0.224 e. The van der Waals surface area contributed by atoms with Crippen molar-refractivity contribution in [2.45, 2.75) is 32.2 Å². The molecule has 1 atom stereocenters. The Hall–Kier alpha value is -1.20. The van der Waals surface area contributed by atoms with Gasteiger partial charge in [0.25, 0.3) is 0 Å². The highest BCUT2D eigenvalue weighted by atomic mass is 32.1. The molecule has 0 aliphatic rings. The number of hydrogen-bond acceptors (Lipinski definition) is 5. The molecule has 0 saturated heterocycles. The van der Waals surface area contributed by atoms with Gasteiger partial charge >= 0.3 is 0 Å². The van der Waals surface area contributed by atoms with Crippen molar-refractivity contribution >= 4 is 27.5 Å². The molecule has 0 aromatic carbocycles. The van der Waals surface area contributed by atoms with Gasteiger partial charge in [-0.1, -0.05) is 6.92 Å². The van der Waals surface area contributed by atoms with E-state index >= 15 is 0 Å². The molecule has 0 amide bonds. The average molecular weight is 250 g/mol. The molecule has 0 aliphatic heterocycles. The summed E-state index contributed by atoms with van der Waals surface area (Å²) in [5, 5.41) is 6.52. The second-order valence-corrected chi connectivity index (χ2v) is 5.35. The minimum Gasteiger partial charge on any atom is -0.349 e. The molecular formula is C12H18N4S. The molecule has 2 heterocycles. The first-order valence-electron chi connectivity index (χ1n) is 5.85. The summed E-state index contributed by atoms with van der Waals surface area (Å²) < 4.78 is 0. The van der Waals surface area contributed by atoms with Crippen molar-refractivity contribution in [2.75, 3.05) is 11.9 Å². The zero-order chi connectivity index (χ0) is 12.3. The molecule has 0 saturated carbocycles. The predicted octanol–water partition coefficient (Wildman–Crippen LogP) is 2.62. The van der Waals surface area contributed by atoms with Gasteiger partial charge in [0, 0.05) is 17.1 Å². The second kappa shape index (κ2) is 4.98. The molecule has 0 spiro atoms. The molecule has 3 N–H and O–H groups in total. The highest BCUT2D eigenvalue weighted by Gasteiger charge is 2.21. The molecule has 92 valence electrons. The SMILES string of the molecule is CCC(C)(CCN)Nc1ncc2ccsc2n1. The number of nitrogens with one attached hydrogen (secondary N) is 1. The topological polar surface area (TPSA) is 63.8 Å². The van der Waals surface area contributed by atoms with Gasteiger partial charge in [0.2, 0.25) is 5.95 Å². The van der Waals surface area contributed by atoms with Crippen LogP contribution < -0.4 is 11.1 Å². The van der Waals surface area contributed by atoms with Crippen LogP contribution in [-0.2, 0) is 0 Å². The van der Waals surface area contributed by atoms with Crippen LogP contribution >= 0.6 is 11.3 Å². The van der Waals surface area contributed by atoms with Crippen LogP contribution in [0.15, 0.2) is 17.6 Å². The third-order valence-electron chi connectivity index (χ3n) is 3.10. The van der Waals surface area contributed by atoms with Crippen LogP contribution in [0.3, 0.4) is 0 Å². The smallest absolute Gasteiger partial charge is 0.224 e. The van der Waals surface area contributed by atoms with Gasteiger partial charge in [-0.05, 0) is 37.8 Å². The molecule has 17 heavy (non-hydrogen) atoms. The number of anilines is 1. The molecule has 0 fully saturated rings. The van der Waals surface area contributed by atoms with Gasteiger partial charge < -0.3 is 11.1 Å². The number of aromatic nitrogens is 2. The number of hydrogen-bond donors (Lipinski definition) is 2. The molecule has 2 rings (SSSR count). The van der Waals surface area contributed by atoms with E-state index < -0.39 is 0 Å². The fourth-order valence-electron chi connectivity index (χ4n) is 1.73. The first-order chi connectivity index (χ1) is 8.17. The average Bonchev–Trinajstić information content (AvgIpc) is 2.76. The van der Waals surface area contributed by atoms with Gasteiger partial charge in [0.1, 0.15) is 4.83 Å². The van der Waals surface area contributed by atoms with Crippen molar-refractivity contribution in [1.82, 2.24) is 9.97 Å². The third-order valence-corrected chi connectivity index (χ3v) is 3.92. The minimum atomic E-state index is -0.0281. The first kappa shape index (κ1) is 12.3. The van der Waals surface area contributed by atoms with E-state index in [1.54, 1.807) is 11.3 Å². The Labute approximate surface area is 105 Å². The highest BCUT2D eigenvalue weighted by molar-refractivity contribution is 7.16. The summed E-state index contributed by atoms with van der Waals surface area (Å²) in [5.74, 6) is 0.692. The third kappa shape index (κ3) is 2.73. The van der Waals surface area contributed by atoms with Crippen LogP contribution in [0.5, 0.6) is 0 Å². The molecule has 2 aromatic rings. The molecule has 0 radical (unpaired) electrons. The second-order valence-electron chi connectivity index (χ2n) is 4.45. The number of nitrogens with zero attached hydrogens (tertiary/aromatic N) is 2. The van der Waals surface area contributed by atoms with E-state index in [4.69, 9.17) is 5.73 Å². The monoisotopic (exact) mass is 250 g/mol. The van der Waals surface area contributed by atoms with Crippen LogP contribution in [0, 0.1) is 0 Å². The van der Waals surface area contributed by atoms with Crippen molar-refractivity contribution in [2.24, 2.45) is 5.73 Å². The quantitative estimate of drug-likeness (QED) is 0.856. The predicted molar refractivity (Wildman–Crippen MR) is 73.4 cm³/mol. The number of fused-ring (bicyclic) bond motifs is 1. The van der Waals surface area contributed by atoms with E-state index in [2.05, 4.69) is 29.1 Å². The van der Waals surface area contributed by atoms with Crippen molar-refractivity contribution in [3.8, 4) is 0 Å². The summed E-state index contributed by atoms with van der Waals surface area (Å²) in [6.45, 7) is 4.97. The van der Waals surface area contributed by atoms with Crippen LogP contribution in [0.25, 0.3) is 10.2 Å². The van der Waals surface area contributed by atoms with Crippen LogP contribution in [0.1, 0.15) is 26.7 Å². The van der Waals surface area contributed by atoms with Crippen LogP contribution in [0.2, 0.25) is 0 Å². The van der Waals surface area contributed by atoms with Crippen molar-refractivity contribution < 1.29 is 0 Å². The van der Waals surface area contributed by atoms with Gasteiger partial charge in [-0.2, -0.15) is 0 Å². The minimum absolute atomic E-state index is 0.0281. The van der Waals surface area contributed by atoms with Gasteiger partial charge in [0.15, 0.2) is 0 Å². The Bertz CT molecular complexity index is 496. The highest BCUT2D eigenvalue weighted by Crippen LogP contribution is 2.22. The van der Waals surface area contributed by atoms with Crippen LogP contribution in [-0.4, -0.2) is 22.1 Å². The fraction of sp³-hybridized carbons (Fsp3) is 0.500. The first-order valence-corrected chi connectivity index (χ1v) is 6.73. The van der Waals surface area contributed by atoms with Crippen LogP contribution in [0.4, 0.5) is 5.95 Å². The van der Waals surface area contributed by atoms with E-state index in [0.717, 1.165) is 23.1 Å².